The molecule has 2 rings (SSSR count). The van der Waals surface area contributed by atoms with E-state index < -0.39 is 0 Å². The van der Waals surface area contributed by atoms with Crippen LogP contribution in [0.2, 0.25) is 0 Å². The number of carbonyl (C=O) groups is 1. The first-order valence-corrected chi connectivity index (χ1v) is 7.95. The molecule has 104 valence electrons. The Morgan fingerprint density at radius 3 is 2.68 bits per heavy atom. The molecule has 2 nitrogen and oxygen atoms in total. The fraction of sp³-hybridized carbons (Fsp3) is 0.562. The van der Waals surface area contributed by atoms with Gasteiger partial charge in [-0.25, -0.2) is 0 Å². The highest BCUT2D eigenvalue weighted by Gasteiger charge is 2.22. The van der Waals surface area contributed by atoms with E-state index in [2.05, 4.69) is 28.2 Å². The second-order valence-corrected chi connectivity index (χ2v) is 6.39. The molecular weight excluding hydrogens is 302 g/mol. The van der Waals surface area contributed by atoms with Gasteiger partial charge in [0.25, 0.3) is 5.91 Å². The molecule has 0 radical (unpaired) electrons. The lowest BCUT2D eigenvalue weighted by Gasteiger charge is -2.28. The Bertz CT molecular complexity index is 452. The molecule has 1 unspecified atom stereocenters. The average molecular weight is 324 g/mol. The quantitative estimate of drug-likeness (QED) is 0.874. The highest BCUT2D eigenvalue weighted by atomic mass is 79.9. The number of rotatable bonds is 3. The Morgan fingerprint density at radius 1 is 1.32 bits per heavy atom. The predicted octanol–water partition coefficient (Wildman–Crippen LogP) is 4.46. The fourth-order valence-electron chi connectivity index (χ4n) is 2.86. The highest BCUT2D eigenvalue weighted by Crippen LogP contribution is 2.27. The maximum Gasteiger partial charge on any atom is 0.252 e. The van der Waals surface area contributed by atoms with E-state index in [1.165, 1.54) is 32.1 Å². The molecule has 0 bridgehead atoms. The van der Waals surface area contributed by atoms with E-state index >= 15 is 0 Å². The summed E-state index contributed by atoms with van der Waals surface area (Å²) in [6.45, 7) is 4.14. The van der Waals surface area contributed by atoms with Crippen molar-refractivity contribution >= 4 is 21.8 Å². The zero-order chi connectivity index (χ0) is 13.8. The summed E-state index contributed by atoms with van der Waals surface area (Å²) >= 11 is 3.51. The van der Waals surface area contributed by atoms with Crippen molar-refractivity contribution < 1.29 is 4.79 Å². The van der Waals surface area contributed by atoms with Crippen LogP contribution in [0.15, 0.2) is 22.7 Å². The maximum atomic E-state index is 12.3. The molecule has 1 atom stereocenters. The van der Waals surface area contributed by atoms with Gasteiger partial charge in [0.1, 0.15) is 0 Å². The summed E-state index contributed by atoms with van der Waals surface area (Å²) in [5.74, 6) is 0.676. The molecule has 1 aliphatic rings. The van der Waals surface area contributed by atoms with E-state index in [0.717, 1.165) is 15.6 Å². The Labute approximate surface area is 124 Å². The van der Waals surface area contributed by atoms with Gasteiger partial charge in [0.15, 0.2) is 0 Å². The lowest BCUT2D eigenvalue weighted by Crippen LogP contribution is -2.39. The van der Waals surface area contributed by atoms with E-state index in [1.54, 1.807) is 0 Å². The molecule has 0 heterocycles. The van der Waals surface area contributed by atoms with Crippen LogP contribution >= 0.6 is 15.9 Å². The van der Waals surface area contributed by atoms with Crippen molar-refractivity contribution in [3.63, 3.8) is 0 Å². The Hall–Kier alpha value is -0.830. The summed E-state index contributed by atoms with van der Waals surface area (Å²) in [5.41, 5.74) is 1.83. The second kappa shape index (κ2) is 6.56. The van der Waals surface area contributed by atoms with Crippen molar-refractivity contribution in [3.05, 3.63) is 33.8 Å². The summed E-state index contributed by atoms with van der Waals surface area (Å²) in [5, 5.41) is 3.16. The second-order valence-electron chi connectivity index (χ2n) is 5.60. The Morgan fingerprint density at radius 2 is 2.00 bits per heavy atom. The third-order valence-corrected chi connectivity index (χ3v) is 5.20. The van der Waals surface area contributed by atoms with Crippen molar-refractivity contribution in [2.45, 2.75) is 52.0 Å². The summed E-state index contributed by atoms with van der Waals surface area (Å²) in [4.78, 5) is 12.3. The molecule has 0 aliphatic heterocycles. The average Bonchev–Trinajstić information content (AvgIpc) is 2.42. The van der Waals surface area contributed by atoms with Crippen molar-refractivity contribution in [3.8, 4) is 0 Å². The minimum Gasteiger partial charge on any atom is -0.349 e. The van der Waals surface area contributed by atoms with Crippen LogP contribution < -0.4 is 5.32 Å². The smallest absolute Gasteiger partial charge is 0.252 e. The number of carbonyl (C=O) groups excluding carboxylic acids is 1. The van der Waals surface area contributed by atoms with Crippen LogP contribution in [-0.2, 0) is 0 Å². The van der Waals surface area contributed by atoms with E-state index in [1.807, 2.05) is 25.1 Å². The minimum atomic E-state index is 0.0358. The molecule has 0 spiro atoms. The van der Waals surface area contributed by atoms with E-state index in [4.69, 9.17) is 0 Å². The maximum absolute atomic E-state index is 12.3. The van der Waals surface area contributed by atoms with Crippen LogP contribution in [0.3, 0.4) is 0 Å². The van der Waals surface area contributed by atoms with Crippen molar-refractivity contribution in [2.24, 2.45) is 5.92 Å². The normalized spacial score (nSPS) is 18.1. The predicted molar refractivity (Wildman–Crippen MR) is 82.4 cm³/mol. The molecule has 1 N–H and O–H groups in total. The Kier molecular flexibility index (Phi) is 5.03. The third-order valence-electron chi connectivity index (χ3n) is 4.15. The van der Waals surface area contributed by atoms with Crippen LogP contribution in [0.4, 0.5) is 0 Å². The van der Waals surface area contributed by atoms with E-state index in [-0.39, 0.29) is 11.9 Å². The lowest BCUT2D eigenvalue weighted by molar-refractivity contribution is 0.0918. The van der Waals surface area contributed by atoms with Crippen LogP contribution in [0.25, 0.3) is 0 Å². The number of aryl methyl sites for hydroxylation is 1. The van der Waals surface area contributed by atoms with Crippen molar-refractivity contribution in [1.82, 2.24) is 5.32 Å². The summed E-state index contributed by atoms with van der Waals surface area (Å²) in [6, 6.07) is 6.08. The van der Waals surface area contributed by atoms with Gasteiger partial charge in [0.05, 0.1) is 5.56 Å². The number of hydrogen-bond acceptors (Lipinski definition) is 1. The number of hydrogen-bond donors (Lipinski definition) is 1. The van der Waals surface area contributed by atoms with Gasteiger partial charge >= 0.3 is 0 Å². The minimum absolute atomic E-state index is 0.0358. The molecule has 0 aromatic heterocycles. The molecule has 1 saturated carbocycles. The van der Waals surface area contributed by atoms with Gasteiger partial charge < -0.3 is 5.32 Å². The largest absolute Gasteiger partial charge is 0.349 e. The number of amides is 1. The SMILES string of the molecule is Cc1cccc(C(=O)NC(C)C2CCCCC2)c1Br. The van der Waals surface area contributed by atoms with Gasteiger partial charge in [0, 0.05) is 10.5 Å². The lowest BCUT2D eigenvalue weighted by atomic mass is 9.84. The zero-order valence-corrected chi connectivity index (χ0v) is 13.3. The van der Waals surface area contributed by atoms with E-state index in [0.29, 0.717) is 5.92 Å². The number of benzene rings is 1. The first-order chi connectivity index (χ1) is 9.09. The van der Waals surface area contributed by atoms with Gasteiger partial charge in [0.2, 0.25) is 0 Å². The molecule has 1 aliphatic carbocycles. The monoisotopic (exact) mass is 323 g/mol. The van der Waals surface area contributed by atoms with Gasteiger partial charge in [-0.1, -0.05) is 31.4 Å². The molecular formula is C16H22BrNO. The van der Waals surface area contributed by atoms with Gasteiger partial charge in [-0.3, -0.25) is 4.79 Å². The van der Waals surface area contributed by atoms with E-state index in [9.17, 15) is 4.79 Å². The van der Waals surface area contributed by atoms with Crippen LogP contribution in [0.1, 0.15) is 54.9 Å². The molecule has 1 amide bonds. The Balaban J connectivity index is 2.02. The molecule has 1 fully saturated rings. The molecule has 19 heavy (non-hydrogen) atoms. The van der Waals surface area contributed by atoms with Gasteiger partial charge in [-0.2, -0.15) is 0 Å². The summed E-state index contributed by atoms with van der Waals surface area (Å²) in [7, 11) is 0. The number of halogens is 1. The summed E-state index contributed by atoms with van der Waals surface area (Å²) < 4.78 is 0.906. The molecule has 0 saturated heterocycles. The molecule has 3 heteroatoms. The fourth-order valence-corrected chi connectivity index (χ4v) is 3.30. The standard InChI is InChI=1S/C16H22BrNO/c1-11-7-6-10-14(15(11)17)16(19)18-12(2)13-8-4-3-5-9-13/h6-7,10,12-13H,3-5,8-9H2,1-2H3,(H,18,19). The topological polar surface area (TPSA) is 29.1 Å². The van der Waals surface area contributed by atoms with Gasteiger partial charge in [-0.05, 0) is 60.2 Å². The molecule has 1 aromatic carbocycles. The number of nitrogens with one attached hydrogen (secondary N) is 1. The first kappa shape index (κ1) is 14.6. The van der Waals surface area contributed by atoms with Crippen LogP contribution in [0, 0.1) is 12.8 Å². The van der Waals surface area contributed by atoms with Crippen molar-refractivity contribution in [1.29, 1.82) is 0 Å². The highest BCUT2D eigenvalue weighted by molar-refractivity contribution is 9.10. The third kappa shape index (κ3) is 3.59. The first-order valence-electron chi connectivity index (χ1n) is 7.15. The summed E-state index contributed by atoms with van der Waals surface area (Å²) in [6.07, 6.45) is 6.45. The molecule has 1 aromatic rings. The van der Waals surface area contributed by atoms with Crippen molar-refractivity contribution in [2.75, 3.05) is 0 Å². The zero-order valence-electron chi connectivity index (χ0n) is 11.7. The van der Waals surface area contributed by atoms with Gasteiger partial charge in [-0.15, -0.1) is 0 Å². The van der Waals surface area contributed by atoms with Crippen LogP contribution in [0.5, 0.6) is 0 Å². The van der Waals surface area contributed by atoms with Crippen LogP contribution in [-0.4, -0.2) is 11.9 Å².